The van der Waals surface area contributed by atoms with Crippen LogP contribution in [-0.4, -0.2) is 75.7 Å². The van der Waals surface area contributed by atoms with Crippen molar-refractivity contribution in [3.05, 3.63) is 77.7 Å². The van der Waals surface area contributed by atoms with Crippen molar-refractivity contribution >= 4 is 48.6 Å². The minimum atomic E-state index is -4.20. The lowest BCUT2D eigenvalue weighted by Gasteiger charge is -2.39. The van der Waals surface area contributed by atoms with Gasteiger partial charge in [-0.2, -0.15) is 3.71 Å². The molecule has 0 radical (unpaired) electrons. The van der Waals surface area contributed by atoms with Crippen molar-refractivity contribution in [2.24, 2.45) is 0 Å². The van der Waals surface area contributed by atoms with Crippen molar-refractivity contribution in [2.45, 2.75) is 19.5 Å². The number of benzene rings is 2. The highest BCUT2D eigenvalue weighted by Crippen LogP contribution is 2.31. The summed E-state index contributed by atoms with van der Waals surface area (Å²) in [6.45, 7) is 4.29. The number of piperazine rings is 1. The number of aromatic nitrogens is 1. The second-order valence-corrected chi connectivity index (χ2v) is 13.3. The molecule has 0 bridgehead atoms. The zero-order valence-electron chi connectivity index (χ0n) is 21.3. The third-order valence-corrected chi connectivity index (χ3v) is 9.49. The average Bonchev–Trinajstić information content (AvgIpc) is 2.82. The van der Waals surface area contributed by atoms with Crippen molar-refractivity contribution in [2.75, 3.05) is 35.9 Å². The number of amides is 1. The molecule has 0 aliphatic carbocycles. The van der Waals surface area contributed by atoms with E-state index >= 15 is 0 Å². The number of carbonyl (C=O) groups excluding carboxylic acids is 1. The lowest BCUT2D eigenvalue weighted by Crippen LogP contribution is -2.53. The molecular weight excluding hydrogens is 531 g/mol. The highest BCUT2D eigenvalue weighted by Gasteiger charge is 2.30. The predicted octanol–water partition coefficient (Wildman–Crippen LogP) is 2.85. The topological polar surface area (TPSA) is 108 Å². The van der Waals surface area contributed by atoms with E-state index in [1.807, 2.05) is 6.92 Å². The quantitative estimate of drug-likeness (QED) is 0.409. The molecule has 2 heterocycles. The van der Waals surface area contributed by atoms with Gasteiger partial charge in [0.25, 0.3) is 0 Å². The Kier molecular flexibility index (Phi) is 7.86. The minimum absolute atomic E-state index is 0.0864. The van der Waals surface area contributed by atoms with Gasteiger partial charge in [-0.3, -0.25) is 14.7 Å². The van der Waals surface area contributed by atoms with Gasteiger partial charge in [-0.15, -0.1) is 0 Å². The Hall–Kier alpha value is -3.35. The zero-order chi connectivity index (χ0) is 27.7. The van der Waals surface area contributed by atoms with Gasteiger partial charge in [0.1, 0.15) is 5.82 Å². The van der Waals surface area contributed by atoms with Crippen LogP contribution in [0.15, 0.2) is 60.8 Å². The third kappa shape index (κ3) is 6.37. The van der Waals surface area contributed by atoms with Gasteiger partial charge in [0.15, 0.2) is 0 Å². The highest BCUT2D eigenvalue weighted by molar-refractivity contribution is 8.09. The van der Waals surface area contributed by atoms with Crippen LogP contribution in [0.1, 0.15) is 18.1 Å². The molecule has 0 spiro atoms. The largest absolute Gasteiger partial charge is 0.334 e. The minimum Gasteiger partial charge on any atom is -0.334 e. The van der Waals surface area contributed by atoms with Crippen LogP contribution in [0.5, 0.6) is 0 Å². The second kappa shape index (κ2) is 10.8. The molecule has 0 saturated carbocycles. The molecule has 1 atom stereocenters. The van der Waals surface area contributed by atoms with E-state index in [-0.39, 0.29) is 29.0 Å². The van der Waals surface area contributed by atoms with Gasteiger partial charge >= 0.3 is 0 Å². The molecule has 9 nitrogen and oxygen atoms in total. The first kappa shape index (κ1) is 27.7. The third-order valence-electron chi connectivity index (χ3n) is 6.27. The molecule has 3 aromatic rings. The monoisotopic (exact) mass is 560 g/mol. The Balaban J connectivity index is 1.58. The molecule has 1 saturated heterocycles. The molecule has 1 aromatic heterocycles. The SMILES string of the molecule is C[C@@H]1CN(Cc2ccc(F)cc2)CCN1C(=O)C=Cc1cc2ncccc2cc1N(S(C)(=O)=O)S(C)(=O)=O. The predicted molar refractivity (Wildman–Crippen MR) is 146 cm³/mol. The Labute approximate surface area is 222 Å². The summed E-state index contributed by atoms with van der Waals surface area (Å²) in [5.74, 6) is -0.567. The number of hydrogen-bond acceptors (Lipinski definition) is 7. The molecule has 38 heavy (non-hydrogen) atoms. The summed E-state index contributed by atoms with van der Waals surface area (Å²) < 4.78 is 63.5. The number of pyridine rings is 1. The molecular formula is C26H29FN4O5S2. The van der Waals surface area contributed by atoms with Crippen molar-refractivity contribution in [1.82, 2.24) is 14.8 Å². The summed E-state index contributed by atoms with van der Waals surface area (Å²) in [4.78, 5) is 21.3. The molecule has 1 aliphatic rings. The lowest BCUT2D eigenvalue weighted by molar-refractivity contribution is -0.130. The van der Waals surface area contributed by atoms with Crippen LogP contribution in [0.2, 0.25) is 0 Å². The number of fused-ring (bicyclic) bond motifs is 1. The van der Waals surface area contributed by atoms with E-state index in [2.05, 4.69) is 9.88 Å². The maximum Gasteiger partial charge on any atom is 0.246 e. The fourth-order valence-electron chi connectivity index (χ4n) is 4.63. The summed E-state index contributed by atoms with van der Waals surface area (Å²) in [7, 11) is -8.40. The lowest BCUT2D eigenvalue weighted by atomic mass is 10.1. The highest BCUT2D eigenvalue weighted by atomic mass is 32.3. The van der Waals surface area contributed by atoms with Gasteiger partial charge in [-0.05, 0) is 48.9 Å². The number of rotatable bonds is 7. The molecule has 12 heteroatoms. The fourth-order valence-corrected chi connectivity index (χ4v) is 7.63. The first-order valence-corrected chi connectivity index (χ1v) is 15.6. The molecule has 0 unspecified atom stereocenters. The number of carbonyl (C=O) groups is 1. The van der Waals surface area contributed by atoms with Gasteiger partial charge in [0.2, 0.25) is 26.0 Å². The smallest absolute Gasteiger partial charge is 0.246 e. The summed E-state index contributed by atoms with van der Waals surface area (Å²) in [6, 6.07) is 12.6. The molecule has 4 rings (SSSR count). The number of anilines is 1. The number of hydrogen-bond donors (Lipinski definition) is 0. The Bertz CT molecular complexity index is 1560. The van der Waals surface area contributed by atoms with Crippen molar-refractivity contribution < 1.29 is 26.0 Å². The zero-order valence-corrected chi connectivity index (χ0v) is 22.9. The van der Waals surface area contributed by atoms with Crippen molar-refractivity contribution in [3.63, 3.8) is 0 Å². The van der Waals surface area contributed by atoms with E-state index in [1.54, 1.807) is 41.4 Å². The fraction of sp³-hybridized carbons (Fsp3) is 0.308. The van der Waals surface area contributed by atoms with Crippen molar-refractivity contribution in [3.8, 4) is 0 Å². The van der Waals surface area contributed by atoms with Gasteiger partial charge in [-0.1, -0.05) is 18.2 Å². The molecule has 2 aromatic carbocycles. The van der Waals surface area contributed by atoms with E-state index in [0.29, 0.717) is 40.8 Å². The first-order chi connectivity index (χ1) is 17.8. The van der Waals surface area contributed by atoms with E-state index in [4.69, 9.17) is 0 Å². The van der Waals surface area contributed by atoms with Crippen LogP contribution < -0.4 is 3.71 Å². The normalized spacial score (nSPS) is 17.3. The summed E-state index contributed by atoms with van der Waals surface area (Å²) >= 11 is 0. The van der Waals surface area contributed by atoms with E-state index in [0.717, 1.165) is 18.1 Å². The molecule has 202 valence electrons. The Morgan fingerprint density at radius 1 is 1.08 bits per heavy atom. The summed E-state index contributed by atoms with van der Waals surface area (Å²) in [5.41, 5.74) is 1.64. The Morgan fingerprint density at radius 3 is 2.39 bits per heavy atom. The van der Waals surface area contributed by atoms with Gasteiger partial charge in [0, 0.05) is 55.4 Å². The second-order valence-electron chi connectivity index (χ2n) is 9.41. The van der Waals surface area contributed by atoms with Crippen LogP contribution in [0.25, 0.3) is 17.0 Å². The molecule has 1 aliphatic heterocycles. The standard InChI is InChI=1S/C26H29FN4O5S2/c1-19-17-29(18-20-6-9-23(27)10-7-20)13-14-30(19)26(32)11-8-22-15-24-21(5-4-12-28-24)16-25(22)31(37(2,33)34)38(3,35)36/h4-12,15-16,19H,13-14,17-18H2,1-3H3/t19-/m1/s1. The van der Waals surface area contributed by atoms with Crippen molar-refractivity contribution in [1.29, 1.82) is 0 Å². The van der Waals surface area contributed by atoms with Gasteiger partial charge in [-0.25, -0.2) is 21.2 Å². The van der Waals surface area contributed by atoms with Gasteiger partial charge in [0.05, 0.1) is 23.7 Å². The van der Waals surface area contributed by atoms with Crippen LogP contribution in [0.4, 0.5) is 10.1 Å². The van der Waals surface area contributed by atoms with Crippen LogP contribution >= 0.6 is 0 Å². The average molecular weight is 561 g/mol. The maximum absolute atomic E-state index is 13.2. The van der Waals surface area contributed by atoms with E-state index in [1.165, 1.54) is 30.4 Å². The van der Waals surface area contributed by atoms with Crippen LogP contribution in [0, 0.1) is 5.82 Å². The van der Waals surface area contributed by atoms with E-state index in [9.17, 15) is 26.0 Å². The first-order valence-electron chi connectivity index (χ1n) is 11.9. The van der Waals surface area contributed by atoms with Gasteiger partial charge < -0.3 is 4.90 Å². The maximum atomic E-state index is 13.2. The Morgan fingerprint density at radius 2 is 1.76 bits per heavy atom. The number of sulfonamides is 2. The summed E-state index contributed by atoms with van der Waals surface area (Å²) in [5, 5.41) is 0.550. The number of halogens is 1. The van der Waals surface area contributed by atoms with E-state index < -0.39 is 20.0 Å². The number of nitrogens with zero attached hydrogens (tertiary/aromatic N) is 4. The van der Waals surface area contributed by atoms with Crippen LogP contribution in [-0.2, 0) is 31.4 Å². The molecule has 1 fully saturated rings. The molecule has 1 amide bonds. The summed E-state index contributed by atoms with van der Waals surface area (Å²) in [6.07, 6.45) is 5.94. The van der Waals surface area contributed by atoms with Crippen LogP contribution in [0.3, 0.4) is 0 Å². The molecule has 0 N–H and O–H groups in total.